The van der Waals surface area contributed by atoms with E-state index in [1.807, 2.05) is 24.3 Å². The maximum Gasteiger partial charge on any atom is 0.331 e. The van der Waals surface area contributed by atoms with E-state index in [0.717, 1.165) is 32.6 Å². The maximum absolute atomic E-state index is 14.5. The minimum Gasteiger partial charge on any atom is -0.341 e. The standard InChI is InChI=1S/C27H27F2N5O4/c1-2-33-25(36)20(19-7-5-8-21(28)24(19)29)15-32(27(33)38)16-23(35)31-12-10-18(11-13-31)34-14-17-6-3-4-9-22(17)30-26(34)37/h3-9,15,18H,2,10-14,16H2,1H3,(H,30,37). The number of carbonyl (C=O) groups is 2. The third kappa shape index (κ3) is 4.59. The van der Waals surface area contributed by atoms with Gasteiger partial charge in [0, 0.05) is 49.7 Å². The molecule has 3 aromatic rings. The first-order valence-electron chi connectivity index (χ1n) is 12.5. The number of hydrogen-bond acceptors (Lipinski definition) is 4. The molecule has 3 heterocycles. The van der Waals surface area contributed by atoms with Crippen molar-refractivity contribution in [2.75, 3.05) is 18.4 Å². The minimum atomic E-state index is -1.20. The number of fused-ring (bicyclic) bond motifs is 1. The van der Waals surface area contributed by atoms with E-state index in [1.165, 1.54) is 12.1 Å². The van der Waals surface area contributed by atoms with Crippen LogP contribution in [0.3, 0.4) is 0 Å². The topological polar surface area (TPSA) is 96.7 Å². The summed E-state index contributed by atoms with van der Waals surface area (Å²) in [7, 11) is 0. The molecule has 0 aliphatic carbocycles. The number of benzene rings is 2. The third-order valence-corrected chi connectivity index (χ3v) is 7.22. The zero-order chi connectivity index (χ0) is 27.0. The van der Waals surface area contributed by atoms with E-state index in [9.17, 15) is 28.0 Å². The van der Waals surface area contributed by atoms with Gasteiger partial charge in [0.2, 0.25) is 5.91 Å². The van der Waals surface area contributed by atoms with Crippen LogP contribution in [0.2, 0.25) is 0 Å². The van der Waals surface area contributed by atoms with Crippen molar-refractivity contribution in [2.45, 2.75) is 45.4 Å². The van der Waals surface area contributed by atoms with Gasteiger partial charge in [0.05, 0.1) is 5.56 Å². The lowest BCUT2D eigenvalue weighted by Crippen LogP contribution is -2.52. The summed E-state index contributed by atoms with van der Waals surface area (Å²) in [5, 5.41) is 2.91. The van der Waals surface area contributed by atoms with Gasteiger partial charge in [-0.05, 0) is 37.5 Å². The lowest BCUT2D eigenvalue weighted by molar-refractivity contribution is -0.133. The number of para-hydroxylation sites is 1. The highest BCUT2D eigenvalue weighted by Crippen LogP contribution is 2.27. The molecule has 3 amide bonds. The Morgan fingerprint density at radius 2 is 1.74 bits per heavy atom. The van der Waals surface area contributed by atoms with E-state index in [-0.39, 0.29) is 42.2 Å². The molecule has 2 aliphatic heterocycles. The molecule has 198 valence electrons. The van der Waals surface area contributed by atoms with Crippen LogP contribution in [0.4, 0.5) is 19.3 Å². The molecule has 1 saturated heterocycles. The minimum absolute atomic E-state index is 0.00303. The van der Waals surface area contributed by atoms with Gasteiger partial charge in [0.15, 0.2) is 11.6 Å². The van der Waals surface area contributed by atoms with Gasteiger partial charge in [-0.25, -0.2) is 18.4 Å². The second-order valence-electron chi connectivity index (χ2n) is 9.43. The van der Waals surface area contributed by atoms with E-state index in [0.29, 0.717) is 32.5 Å². The highest BCUT2D eigenvalue weighted by atomic mass is 19.2. The molecule has 38 heavy (non-hydrogen) atoms. The van der Waals surface area contributed by atoms with Crippen LogP contribution in [-0.2, 0) is 24.4 Å². The monoisotopic (exact) mass is 523 g/mol. The van der Waals surface area contributed by atoms with Crippen LogP contribution in [0.1, 0.15) is 25.3 Å². The predicted molar refractivity (Wildman–Crippen MR) is 137 cm³/mol. The van der Waals surface area contributed by atoms with Gasteiger partial charge in [-0.3, -0.25) is 18.7 Å². The molecule has 1 aromatic heterocycles. The second kappa shape index (κ2) is 10.2. The number of rotatable bonds is 5. The van der Waals surface area contributed by atoms with Gasteiger partial charge in [0.25, 0.3) is 5.56 Å². The average Bonchev–Trinajstić information content (AvgIpc) is 2.92. The van der Waals surface area contributed by atoms with Gasteiger partial charge in [0.1, 0.15) is 6.54 Å². The van der Waals surface area contributed by atoms with Crippen LogP contribution in [0, 0.1) is 11.6 Å². The summed E-state index contributed by atoms with van der Waals surface area (Å²) in [5.74, 6) is -2.66. The van der Waals surface area contributed by atoms with Crippen LogP contribution < -0.4 is 16.6 Å². The fraction of sp³-hybridized carbons (Fsp3) is 0.333. The van der Waals surface area contributed by atoms with E-state index in [2.05, 4.69) is 5.32 Å². The highest BCUT2D eigenvalue weighted by Gasteiger charge is 2.32. The largest absolute Gasteiger partial charge is 0.341 e. The highest BCUT2D eigenvalue weighted by molar-refractivity contribution is 5.92. The Labute approximate surface area is 216 Å². The van der Waals surface area contributed by atoms with E-state index in [4.69, 9.17) is 0 Å². The quantitative estimate of drug-likeness (QED) is 0.556. The number of piperidine rings is 1. The number of hydrogen-bond donors (Lipinski definition) is 1. The van der Waals surface area contributed by atoms with Crippen molar-refractivity contribution in [1.82, 2.24) is 18.9 Å². The number of carbonyl (C=O) groups excluding carboxylic acids is 2. The Morgan fingerprint density at radius 3 is 2.47 bits per heavy atom. The smallest absolute Gasteiger partial charge is 0.331 e. The zero-order valence-electron chi connectivity index (χ0n) is 20.8. The summed E-state index contributed by atoms with van der Waals surface area (Å²) in [4.78, 5) is 54.9. The zero-order valence-corrected chi connectivity index (χ0v) is 20.8. The molecule has 9 nitrogen and oxygen atoms in total. The van der Waals surface area contributed by atoms with Crippen molar-refractivity contribution in [2.24, 2.45) is 0 Å². The first kappa shape index (κ1) is 25.4. The Balaban J connectivity index is 1.32. The second-order valence-corrected chi connectivity index (χ2v) is 9.43. The molecule has 0 unspecified atom stereocenters. The van der Waals surface area contributed by atoms with Crippen LogP contribution in [0.5, 0.6) is 0 Å². The Morgan fingerprint density at radius 1 is 1.00 bits per heavy atom. The summed E-state index contributed by atoms with van der Waals surface area (Å²) >= 11 is 0. The van der Waals surface area contributed by atoms with Crippen molar-refractivity contribution < 1.29 is 18.4 Å². The van der Waals surface area contributed by atoms with Crippen molar-refractivity contribution in [3.63, 3.8) is 0 Å². The number of aromatic nitrogens is 2. The molecule has 0 bridgehead atoms. The summed E-state index contributed by atoms with van der Waals surface area (Å²) in [6.45, 7) is 2.51. The van der Waals surface area contributed by atoms with Crippen molar-refractivity contribution in [1.29, 1.82) is 0 Å². The molecule has 0 spiro atoms. The lowest BCUT2D eigenvalue weighted by atomic mass is 10.0. The molecule has 0 saturated carbocycles. The molecule has 1 N–H and O–H groups in total. The molecule has 0 atom stereocenters. The summed E-state index contributed by atoms with van der Waals surface area (Å²) in [6.07, 6.45) is 2.27. The Kier molecular flexibility index (Phi) is 6.83. The fourth-order valence-electron chi connectivity index (χ4n) is 5.13. The molecule has 11 heteroatoms. The summed E-state index contributed by atoms with van der Waals surface area (Å²) < 4.78 is 30.3. The van der Waals surface area contributed by atoms with Crippen molar-refractivity contribution >= 4 is 17.6 Å². The molecule has 2 aromatic carbocycles. The SMILES string of the molecule is CCn1c(=O)c(-c2cccc(F)c2F)cn(CC(=O)N2CCC(N3Cc4ccccc4NC3=O)CC2)c1=O. The number of anilines is 1. The fourth-order valence-corrected chi connectivity index (χ4v) is 5.13. The van der Waals surface area contributed by atoms with Crippen molar-refractivity contribution in [3.05, 3.63) is 86.7 Å². The summed E-state index contributed by atoms with van der Waals surface area (Å²) in [6, 6.07) is 10.9. The number of urea groups is 1. The first-order valence-corrected chi connectivity index (χ1v) is 12.5. The third-order valence-electron chi connectivity index (χ3n) is 7.22. The van der Waals surface area contributed by atoms with Crippen LogP contribution in [-0.4, -0.2) is 50.0 Å². The normalized spacial score (nSPS) is 15.8. The first-order chi connectivity index (χ1) is 18.3. The predicted octanol–water partition coefficient (Wildman–Crippen LogP) is 3.01. The van der Waals surface area contributed by atoms with Gasteiger partial charge in [-0.2, -0.15) is 0 Å². The van der Waals surface area contributed by atoms with Gasteiger partial charge >= 0.3 is 11.7 Å². The van der Waals surface area contributed by atoms with Crippen LogP contribution >= 0.6 is 0 Å². The van der Waals surface area contributed by atoms with Gasteiger partial charge < -0.3 is 15.1 Å². The van der Waals surface area contributed by atoms with Gasteiger partial charge in [-0.15, -0.1) is 0 Å². The number of halogens is 2. The van der Waals surface area contributed by atoms with E-state index >= 15 is 0 Å². The molecular formula is C27H27F2N5O4. The van der Waals surface area contributed by atoms with Crippen LogP contribution in [0.25, 0.3) is 11.1 Å². The molecule has 0 radical (unpaired) electrons. The number of nitrogens with zero attached hydrogens (tertiary/aromatic N) is 4. The van der Waals surface area contributed by atoms with Crippen molar-refractivity contribution in [3.8, 4) is 11.1 Å². The number of amides is 3. The molecule has 1 fully saturated rings. The maximum atomic E-state index is 14.5. The lowest BCUT2D eigenvalue weighted by Gasteiger charge is -2.40. The van der Waals surface area contributed by atoms with Crippen LogP contribution in [0.15, 0.2) is 58.3 Å². The Bertz CT molecular complexity index is 1520. The summed E-state index contributed by atoms with van der Waals surface area (Å²) in [5.41, 5.74) is -0.107. The molecule has 2 aliphatic rings. The Hall–Kier alpha value is -4.28. The van der Waals surface area contributed by atoms with Gasteiger partial charge in [-0.1, -0.05) is 30.3 Å². The van der Waals surface area contributed by atoms with E-state index in [1.54, 1.807) is 16.7 Å². The molecular weight excluding hydrogens is 496 g/mol. The van der Waals surface area contributed by atoms with E-state index < -0.39 is 22.9 Å². The average molecular weight is 524 g/mol. The molecule has 5 rings (SSSR count). The number of likely N-dealkylation sites (tertiary alicyclic amines) is 1. The number of nitrogens with one attached hydrogen (secondary N) is 1.